The van der Waals surface area contributed by atoms with Crippen LogP contribution in [-0.4, -0.2) is 33.2 Å². The lowest BCUT2D eigenvalue weighted by Crippen LogP contribution is -2.15. The lowest BCUT2D eigenvalue weighted by molar-refractivity contribution is 0.655. The Morgan fingerprint density at radius 3 is 1.30 bits per heavy atom. The van der Waals surface area contributed by atoms with Crippen LogP contribution in [0.3, 0.4) is 0 Å². The maximum absolute atomic E-state index is 7.31. The first-order chi connectivity index (χ1) is 58.8. The summed E-state index contributed by atoms with van der Waals surface area (Å²) in [5.74, 6) is 0. The molecule has 0 bridgehead atoms. The van der Waals surface area contributed by atoms with E-state index >= 15 is 0 Å². The number of hydrogen-bond acceptors (Lipinski definition) is 7. The molecule has 119 heavy (non-hydrogen) atoms. The Bertz CT molecular complexity index is 9320. The minimum absolute atomic E-state index is 0.227. The number of fused-ring (bicyclic) bond motifs is 32. The van der Waals surface area contributed by atoms with E-state index in [2.05, 4.69) is 348 Å². The lowest BCUT2D eigenvalue weighted by Gasteiger charge is -2.22. The molecule has 0 atom stereocenters. The Kier molecular flexibility index (Phi) is 12.2. The van der Waals surface area contributed by atoms with Crippen LogP contribution in [-0.2, 0) is 5.41 Å². The van der Waals surface area contributed by atoms with Gasteiger partial charge in [0.25, 0.3) is 0 Å². The van der Waals surface area contributed by atoms with Gasteiger partial charge in [-0.15, -0.1) is 0 Å². The molecule has 11 nitrogen and oxygen atoms in total. The van der Waals surface area contributed by atoms with E-state index in [4.69, 9.17) is 32.6 Å². The molecule has 0 fully saturated rings. The molecule has 28 rings (SSSR count). The number of aromatic nitrogens is 7. The Balaban J connectivity index is 0.664. The summed E-state index contributed by atoms with van der Waals surface area (Å²) in [6, 6.07) is 121. The highest BCUT2D eigenvalue weighted by Gasteiger charge is 2.37. The van der Waals surface area contributed by atoms with Crippen molar-refractivity contribution in [2.45, 2.75) is 19.3 Å². The number of para-hydroxylation sites is 8. The van der Waals surface area contributed by atoms with Crippen LogP contribution < -0.4 is 0 Å². The van der Waals surface area contributed by atoms with Gasteiger partial charge in [-0.2, -0.15) is 0 Å². The third kappa shape index (κ3) is 8.36. The van der Waals surface area contributed by atoms with Crippen molar-refractivity contribution in [3.05, 3.63) is 345 Å². The SMILES string of the molecule is CC1(C)c2ccccc2-c2cc3c4ccccc4n(-c4c5cc(-c6ccc7c(c6)oc6nc8ccc(-c9ccc%10c(c9)oc9nc%11ccccc%11c(-n%11c%12ccccc%12c%12ccc%13c%14ccccc%14n(-c%14ccccc%14)c%13c%12%11)c9%10)cc8c(-n8c9ccccc9c9c%10oc%11ccccc%11c%10ccc98)c67)ccc5nc5oc6ccccc6c45)c3cc21. The van der Waals surface area contributed by atoms with Gasteiger partial charge in [-0.1, -0.05) is 220 Å². The average molecular weight is 1520 g/mol. The number of hydrogen-bond donors (Lipinski definition) is 0. The van der Waals surface area contributed by atoms with Crippen molar-refractivity contribution >= 4 is 208 Å². The molecule has 11 heteroatoms. The van der Waals surface area contributed by atoms with Gasteiger partial charge in [-0.05, 0) is 172 Å². The summed E-state index contributed by atoms with van der Waals surface area (Å²) < 4.78 is 38.2. The van der Waals surface area contributed by atoms with Crippen molar-refractivity contribution in [1.82, 2.24) is 33.2 Å². The van der Waals surface area contributed by atoms with Crippen molar-refractivity contribution in [2.24, 2.45) is 0 Å². The molecule has 0 spiro atoms. The van der Waals surface area contributed by atoms with E-state index in [0.717, 1.165) is 209 Å². The predicted molar refractivity (Wildman–Crippen MR) is 487 cm³/mol. The zero-order valence-corrected chi connectivity index (χ0v) is 64.0. The zero-order valence-electron chi connectivity index (χ0n) is 64.0. The minimum atomic E-state index is -0.227. The maximum atomic E-state index is 7.31. The average Bonchev–Trinajstić information content (AvgIpc) is 1.47. The Morgan fingerprint density at radius 2 is 0.664 bits per heavy atom. The van der Waals surface area contributed by atoms with E-state index in [1.165, 1.54) is 43.8 Å². The van der Waals surface area contributed by atoms with Gasteiger partial charge in [0.05, 0.1) is 99.3 Å². The van der Waals surface area contributed by atoms with Crippen molar-refractivity contribution in [1.29, 1.82) is 0 Å². The normalized spacial score (nSPS) is 13.2. The van der Waals surface area contributed by atoms with Crippen molar-refractivity contribution in [3.63, 3.8) is 0 Å². The van der Waals surface area contributed by atoms with E-state index in [1.54, 1.807) is 0 Å². The summed E-state index contributed by atoms with van der Waals surface area (Å²) in [6.07, 6.45) is 0. The van der Waals surface area contributed by atoms with Gasteiger partial charge in [0, 0.05) is 91.9 Å². The smallest absolute Gasteiger partial charge is 0.230 e. The fourth-order valence-electron chi connectivity index (χ4n) is 21.1. The monoisotopic (exact) mass is 1520 g/mol. The quantitative estimate of drug-likeness (QED) is 0.163. The fraction of sp³-hybridized carbons (Fsp3) is 0.0278. The van der Waals surface area contributed by atoms with Gasteiger partial charge in [0.15, 0.2) is 0 Å². The highest BCUT2D eigenvalue weighted by molar-refractivity contribution is 6.29. The van der Waals surface area contributed by atoms with Crippen LogP contribution in [0.4, 0.5) is 0 Å². The highest BCUT2D eigenvalue weighted by Crippen LogP contribution is 2.54. The molecular weight excluding hydrogens is 1460 g/mol. The topological polar surface area (TPSA) is 111 Å². The van der Waals surface area contributed by atoms with Crippen LogP contribution >= 0.6 is 0 Å². The van der Waals surface area contributed by atoms with Crippen LogP contribution in [0.1, 0.15) is 25.0 Å². The first kappa shape index (κ1) is 63.5. The standard InChI is InChI=1S/C108H61N7O4/c1-108(2)80-32-14-6-24-63(80)76-56-77-66-27-10-17-35-86(66)114(90(77)57-81(76)108)101-79-53-59(43-50-84(79)110-105-96(101)73-31-13-21-39-92(73)117-105)61-41-45-75-94(55-61)119-107-98(75)100(113-88-37-19-11-30-72(88)95-89(113)51-48-70-67-28-12-20-38-91(67)116-104(70)95)78-52-58(42-49-83(78)111-107)60-40-44-74-93(54-60)118-106-97(74)99(71-29-7-15-33-82(71)109-106)115-87-36-18-9-26-65(87)69-47-46-68-64-25-8-16-34-85(64)112(102(68)103(69)115)62-22-4-3-5-23-62/h3-57H,1-2H3. The van der Waals surface area contributed by atoms with Gasteiger partial charge < -0.3 is 35.9 Å². The van der Waals surface area contributed by atoms with Crippen molar-refractivity contribution < 1.29 is 17.7 Å². The van der Waals surface area contributed by atoms with Crippen molar-refractivity contribution in [3.8, 4) is 56.1 Å². The fourth-order valence-corrected chi connectivity index (χ4v) is 21.1. The molecule has 0 unspecified atom stereocenters. The number of rotatable bonds is 6. The second-order valence-electron chi connectivity index (χ2n) is 32.8. The Labute approximate surface area is 674 Å². The molecule has 0 amide bonds. The molecule has 0 aliphatic heterocycles. The zero-order chi connectivity index (χ0) is 77.5. The lowest BCUT2D eigenvalue weighted by atomic mass is 9.82. The molecule has 0 saturated carbocycles. The van der Waals surface area contributed by atoms with E-state index in [0.29, 0.717) is 22.7 Å². The summed E-state index contributed by atoms with van der Waals surface area (Å²) in [7, 11) is 0. The van der Waals surface area contributed by atoms with Crippen molar-refractivity contribution in [2.75, 3.05) is 0 Å². The first-order valence-corrected chi connectivity index (χ1v) is 40.6. The summed E-state index contributed by atoms with van der Waals surface area (Å²) in [5, 5.41) is 19.9. The molecule has 0 radical (unpaired) electrons. The second kappa shape index (κ2) is 22.8. The van der Waals surface area contributed by atoms with Gasteiger partial charge in [0.1, 0.15) is 27.9 Å². The van der Waals surface area contributed by atoms with Gasteiger partial charge >= 0.3 is 0 Å². The minimum Gasteiger partial charge on any atom is -0.455 e. The summed E-state index contributed by atoms with van der Waals surface area (Å²) >= 11 is 0. The summed E-state index contributed by atoms with van der Waals surface area (Å²) in [6.45, 7) is 4.72. The Hall–Kier alpha value is -15.9. The molecule has 11 aromatic heterocycles. The third-order valence-corrected chi connectivity index (χ3v) is 26.3. The van der Waals surface area contributed by atoms with E-state index in [-0.39, 0.29) is 5.41 Å². The van der Waals surface area contributed by atoms with Crippen LogP contribution in [0.25, 0.3) is 264 Å². The van der Waals surface area contributed by atoms with Crippen LogP contribution in [0.5, 0.6) is 0 Å². The Morgan fingerprint density at radius 1 is 0.235 bits per heavy atom. The first-order valence-electron chi connectivity index (χ1n) is 40.6. The van der Waals surface area contributed by atoms with Gasteiger partial charge in [0.2, 0.25) is 17.1 Å². The molecule has 27 aromatic rings. The van der Waals surface area contributed by atoms with Gasteiger partial charge in [-0.3, -0.25) is 0 Å². The molecule has 11 heterocycles. The molecule has 1 aliphatic carbocycles. The molecule has 0 saturated heterocycles. The summed E-state index contributed by atoms with van der Waals surface area (Å²) in [5.41, 5.74) is 29.7. The maximum Gasteiger partial charge on any atom is 0.230 e. The molecule has 16 aromatic carbocycles. The molecule has 552 valence electrons. The third-order valence-electron chi connectivity index (χ3n) is 26.3. The van der Waals surface area contributed by atoms with E-state index in [1.807, 2.05) is 18.2 Å². The second-order valence-corrected chi connectivity index (χ2v) is 32.8. The van der Waals surface area contributed by atoms with E-state index in [9.17, 15) is 0 Å². The molecule has 1 aliphatic rings. The number of furan rings is 4. The van der Waals surface area contributed by atoms with Crippen LogP contribution in [0.2, 0.25) is 0 Å². The summed E-state index contributed by atoms with van der Waals surface area (Å²) in [4.78, 5) is 16.4. The molecular formula is C108H61N7O4. The van der Waals surface area contributed by atoms with Crippen LogP contribution in [0.15, 0.2) is 351 Å². The number of pyridine rings is 3. The number of nitrogens with zero attached hydrogens (tertiary/aromatic N) is 7. The van der Waals surface area contributed by atoms with Crippen LogP contribution in [0, 0.1) is 0 Å². The van der Waals surface area contributed by atoms with Gasteiger partial charge in [-0.25, -0.2) is 15.0 Å². The van der Waals surface area contributed by atoms with E-state index < -0.39 is 0 Å². The largest absolute Gasteiger partial charge is 0.455 e. The molecule has 0 N–H and O–H groups in total. The predicted octanol–water partition coefficient (Wildman–Crippen LogP) is 29.0. The number of benzene rings is 16. The highest BCUT2D eigenvalue weighted by atomic mass is 16.3.